The molecule has 138 valence electrons. The minimum absolute atomic E-state index is 0.0184. The van der Waals surface area contributed by atoms with Crippen molar-refractivity contribution in [3.05, 3.63) is 53.6 Å². The van der Waals surface area contributed by atoms with Gasteiger partial charge in [-0.25, -0.2) is 8.42 Å². The van der Waals surface area contributed by atoms with Crippen LogP contribution in [0.1, 0.15) is 23.5 Å². The van der Waals surface area contributed by atoms with Crippen LogP contribution in [0.25, 0.3) is 0 Å². The predicted octanol–water partition coefficient (Wildman–Crippen LogP) is 3.00. The van der Waals surface area contributed by atoms with Gasteiger partial charge in [-0.05, 0) is 62.8 Å². The van der Waals surface area contributed by atoms with E-state index in [-0.39, 0.29) is 12.0 Å². The lowest BCUT2D eigenvalue weighted by Crippen LogP contribution is -2.47. The highest BCUT2D eigenvalue weighted by Crippen LogP contribution is 2.47. The minimum Gasteiger partial charge on any atom is -0.497 e. The Hall–Kier alpha value is -2.05. The maximum Gasteiger partial charge on any atom is 0.264 e. The smallest absolute Gasteiger partial charge is 0.264 e. The van der Waals surface area contributed by atoms with Crippen LogP contribution in [0.15, 0.2) is 47.4 Å². The fraction of sp³-hybridized carbons (Fsp3) is 0.400. The molecule has 2 aromatic rings. The lowest BCUT2D eigenvalue weighted by molar-refractivity contribution is 0.237. The first-order valence-electron chi connectivity index (χ1n) is 8.89. The maximum absolute atomic E-state index is 13.5. The van der Waals surface area contributed by atoms with Crippen molar-refractivity contribution in [3.63, 3.8) is 0 Å². The van der Waals surface area contributed by atoms with Crippen molar-refractivity contribution < 1.29 is 13.2 Å². The molecular formula is C20H24N2O3S. The van der Waals surface area contributed by atoms with Gasteiger partial charge in [-0.3, -0.25) is 4.31 Å². The lowest BCUT2D eigenvalue weighted by atomic mass is 9.89. The molecule has 0 saturated carbocycles. The van der Waals surface area contributed by atoms with Gasteiger partial charge in [0.15, 0.2) is 0 Å². The number of fused-ring (bicyclic) bond motifs is 3. The molecule has 26 heavy (non-hydrogen) atoms. The SMILES string of the molecule is COc1ccc(S(=O)(=O)N2c3ccc(C)cc3[C@@H]3CN(C)CC[C@@H]32)cc1. The second-order valence-electron chi connectivity index (χ2n) is 7.26. The molecule has 2 aromatic carbocycles. The van der Waals surface area contributed by atoms with Crippen molar-refractivity contribution in [2.75, 3.05) is 31.6 Å². The number of likely N-dealkylation sites (N-methyl/N-ethyl adjacent to an activating group) is 1. The Bertz CT molecular complexity index is 925. The number of aryl methyl sites for hydroxylation is 1. The molecule has 2 aliphatic heterocycles. The summed E-state index contributed by atoms with van der Waals surface area (Å²) in [6.45, 7) is 3.85. The van der Waals surface area contributed by atoms with Gasteiger partial charge in [0, 0.05) is 12.5 Å². The molecule has 2 heterocycles. The van der Waals surface area contributed by atoms with Crippen LogP contribution in [0.5, 0.6) is 5.75 Å². The van der Waals surface area contributed by atoms with Gasteiger partial charge in [0.1, 0.15) is 5.75 Å². The molecule has 0 aromatic heterocycles. The van der Waals surface area contributed by atoms with Crippen LogP contribution in [-0.2, 0) is 10.0 Å². The van der Waals surface area contributed by atoms with E-state index in [2.05, 4.69) is 24.9 Å². The van der Waals surface area contributed by atoms with Crippen molar-refractivity contribution in [2.45, 2.75) is 30.2 Å². The van der Waals surface area contributed by atoms with Gasteiger partial charge in [0.05, 0.1) is 23.7 Å². The number of nitrogens with zero attached hydrogens (tertiary/aromatic N) is 2. The number of hydrogen-bond donors (Lipinski definition) is 0. The van der Waals surface area contributed by atoms with Crippen LogP contribution in [-0.4, -0.2) is 46.6 Å². The number of methoxy groups -OCH3 is 1. The molecule has 5 nitrogen and oxygen atoms in total. The molecule has 0 unspecified atom stereocenters. The van der Waals surface area contributed by atoms with Crippen molar-refractivity contribution >= 4 is 15.7 Å². The summed E-state index contributed by atoms with van der Waals surface area (Å²) in [7, 11) is 0.0600. The zero-order valence-corrected chi connectivity index (χ0v) is 16.2. The molecule has 1 fully saturated rings. The summed E-state index contributed by atoms with van der Waals surface area (Å²) in [4.78, 5) is 2.60. The van der Waals surface area contributed by atoms with Gasteiger partial charge in [-0.1, -0.05) is 17.7 Å². The van der Waals surface area contributed by atoms with E-state index >= 15 is 0 Å². The number of sulfonamides is 1. The molecule has 0 radical (unpaired) electrons. The number of piperidine rings is 1. The maximum atomic E-state index is 13.5. The molecular weight excluding hydrogens is 348 g/mol. The second kappa shape index (κ2) is 6.28. The second-order valence-corrected chi connectivity index (χ2v) is 9.08. The van der Waals surface area contributed by atoms with Gasteiger partial charge in [0.2, 0.25) is 0 Å². The van der Waals surface area contributed by atoms with Crippen molar-refractivity contribution in [3.8, 4) is 5.75 Å². The average molecular weight is 372 g/mol. The third kappa shape index (κ3) is 2.68. The number of rotatable bonds is 3. The van der Waals surface area contributed by atoms with Crippen molar-refractivity contribution in [1.29, 1.82) is 0 Å². The molecule has 1 saturated heterocycles. The highest BCUT2D eigenvalue weighted by molar-refractivity contribution is 7.92. The van der Waals surface area contributed by atoms with Crippen molar-refractivity contribution in [2.24, 2.45) is 0 Å². The first-order valence-corrected chi connectivity index (χ1v) is 10.3. The fourth-order valence-corrected chi connectivity index (χ4v) is 5.95. The molecule has 0 aliphatic carbocycles. The van der Waals surface area contributed by atoms with Gasteiger partial charge >= 0.3 is 0 Å². The molecule has 0 N–H and O–H groups in total. The van der Waals surface area contributed by atoms with E-state index in [0.717, 1.165) is 30.8 Å². The van der Waals surface area contributed by atoms with Crippen LogP contribution in [0, 0.1) is 6.92 Å². The van der Waals surface area contributed by atoms with Crippen LogP contribution in [0.4, 0.5) is 5.69 Å². The molecule has 0 amide bonds. The minimum atomic E-state index is -3.62. The fourth-order valence-electron chi connectivity index (χ4n) is 4.21. The van der Waals surface area contributed by atoms with Crippen LogP contribution < -0.4 is 9.04 Å². The van der Waals surface area contributed by atoms with Gasteiger partial charge in [-0.2, -0.15) is 0 Å². The Kier molecular flexibility index (Phi) is 4.20. The molecule has 4 rings (SSSR count). The topological polar surface area (TPSA) is 49.9 Å². The van der Waals surface area contributed by atoms with E-state index in [0.29, 0.717) is 10.6 Å². The predicted molar refractivity (Wildman–Crippen MR) is 102 cm³/mol. The molecule has 6 heteroatoms. The highest BCUT2D eigenvalue weighted by atomic mass is 32.2. The zero-order valence-electron chi connectivity index (χ0n) is 15.3. The van der Waals surface area contributed by atoms with E-state index in [1.807, 2.05) is 12.1 Å². The van der Waals surface area contributed by atoms with Crippen LogP contribution in [0.2, 0.25) is 0 Å². The number of benzene rings is 2. The Morgan fingerprint density at radius 1 is 1.12 bits per heavy atom. The third-order valence-corrected chi connectivity index (χ3v) is 7.37. The quantitative estimate of drug-likeness (QED) is 0.831. The third-order valence-electron chi connectivity index (χ3n) is 5.52. The number of likely N-dealkylation sites (tertiary alicyclic amines) is 1. The number of ether oxygens (including phenoxy) is 1. The summed E-state index contributed by atoms with van der Waals surface area (Å²) in [6.07, 6.45) is 0.838. The van der Waals surface area contributed by atoms with Crippen molar-refractivity contribution in [1.82, 2.24) is 4.90 Å². The Morgan fingerprint density at radius 2 is 1.85 bits per heavy atom. The number of hydrogen-bond acceptors (Lipinski definition) is 4. The van der Waals surface area contributed by atoms with E-state index in [1.54, 1.807) is 35.7 Å². The lowest BCUT2D eigenvalue weighted by Gasteiger charge is -2.36. The van der Waals surface area contributed by atoms with Gasteiger partial charge in [-0.15, -0.1) is 0 Å². The van der Waals surface area contributed by atoms with E-state index in [9.17, 15) is 8.42 Å². The molecule has 0 spiro atoms. The molecule has 2 atom stereocenters. The number of anilines is 1. The normalized spacial score (nSPS) is 22.8. The summed E-state index contributed by atoms with van der Waals surface area (Å²) in [5.74, 6) is 0.871. The summed E-state index contributed by atoms with van der Waals surface area (Å²) in [5, 5.41) is 0. The Balaban J connectivity index is 1.82. The monoisotopic (exact) mass is 372 g/mol. The Morgan fingerprint density at radius 3 is 2.54 bits per heavy atom. The van der Waals surface area contributed by atoms with Crippen LogP contribution >= 0.6 is 0 Å². The summed E-state index contributed by atoms with van der Waals surface area (Å²) in [6, 6.07) is 12.7. The van der Waals surface area contributed by atoms with E-state index in [4.69, 9.17) is 4.74 Å². The summed E-state index contributed by atoms with van der Waals surface area (Å²) in [5.41, 5.74) is 3.15. The van der Waals surface area contributed by atoms with Gasteiger partial charge in [0.25, 0.3) is 10.0 Å². The highest BCUT2D eigenvalue weighted by Gasteiger charge is 2.46. The van der Waals surface area contributed by atoms with Gasteiger partial charge < -0.3 is 9.64 Å². The first kappa shape index (κ1) is 17.4. The largest absolute Gasteiger partial charge is 0.497 e. The Labute approximate surface area is 155 Å². The molecule has 0 bridgehead atoms. The zero-order chi connectivity index (χ0) is 18.5. The standard InChI is InChI=1S/C20H24N2O3S/c1-14-4-9-19-17(12-14)18-13-21(2)11-10-20(18)22(19)26(23,24)16-7-5-15(25-3)6-8-16/h4-9,12,18,20H,10-11,13H2,1-3H3/t18-,20-/m0/s1. The van der Waals surface area contributed by atoms with E-state index in [1.165, 1.54) is 5.56 Å². The van der Waals surface area contributed by atoms with Crippen LogP contribution in [0.3, 0.4) is 0 Å². The molecule has 2 aliphatic rings. The summed E-state index contributed by atoms with van der Waals surface area (Å²) < 4.78 is 33.8. The van der Waals surface area contributed by atoms with E-state index < -0.39 is 10.0 Å². The average Bonchev–Trinajstić information content (AvgIpc) is 2.95. The first-order chi connectivity index (χ1) is 12.4. The summed E-state index contributed by atoms with van der Waals surface area (Å²) >= 11 is 0.